The Morgan fingerprint density at radius 1 is 1.05 bits per heavy atom. The quantitative estimate of drug-likeness (QED) is 0.845. The van der Waals surface area contributed by atoms with Crippen LogP contribution in [0.2, 0.25) is 5.02 Å². The highest BCUT2D eigenvalue weighted by molar-refractivity contribution is 7.99. The lowest BCUT2D eigenvalue weighted by Gasteiger charge is -2.08. The van der Waals surface area contributed by atoms with Gasteiger partial charge in [0, 0.05) is 14.8 Å². The average molecular weight is 293 g/mol. The van der Waals surface area contributed by atoms with Gasteiger partial charge < -0.3 is 5.11 Å². The van der Waals surface area contributed by atoms with E-state index in [1.165, 1.54) is 10.5 Å². The minimum absolute atomic E-state index is 0.0210. The lowest BCUT2D eigenvalue weighted by molar-refractivity contribution is 0.282. The van der Waals surface area contributed by atoms with Crippen LogP contribution in [0.1, 0.15) is 30.9 Å². The van der Waals surface area contributed by atoms with Crippen molar-refractivity contribution in [2.45, 2.75) is 36.2 Å². The molecule has 100 valence electrons. The molecular weight excluding hydrogens is 276 g/mol. The lowest BCUT2D eigenvalue weighted by atomic mass is 10.0. The van der Waals surface area contributed by atoms with E-state index in [1.54, 1.807) is 11.8 Å². The zero-order chi connectivity index (χ0) is 13.8. The first-order valence-corrected chi connectivity index (χ1v) is 7.46. The van der Waals surface area contributed by atoms with Crippen LogP contribution in [0.5, 0.6) is 0 Å². The van der Waals surface area contributed by atoms with Crippen LogP contribution in [-0.2, 0) is 6.61 Å². The van der Waals surface area contributed by atoms with Crippen LogP contribution < -0.4 is 0 Å². The predicted molar refractivity (Wildman–Crippen MR) is 82.0 cm³/mol. The molecule has 0 unspecified atom stereocenters. The van der Waals surface area contributed by atoms with Gasteiger partial charge in [-0.2, -0.15) is 0 Å². The van der Waals surface area contributed by atoms with Crippen molar-refractivity contribution in [1.82, 2.24) is 0 Å². The van der Waals surface area contributed by atoms with Gasteiger partial charge in [-0.25, -0.2) is 0 Å². The summed E-state index contributed by atoms with van der Waals surface area (Å²) >= 11 is 7.76. The number of aliphatic hydroxyl groups excluding tert-OH is 1. The molecule has 0 aromatic heterocycles. The number of aliphatic hydroxyl groups is 1. The highest BCUT2D eigenvalue weighted by atomic mass is 35.5. The molecule has 0 aliphatic heterocycles. The molecule has 0 heterocycles. The van der Waals surface area contributed by atoms with Crippen molar-refractivity contribution < 1.29 is 5.11 Å². The molecule has 3 heteroatoms. The van der Waals surface area contributed by atoms with E-state index < -0.39 is 0 Å². The van der Waals surface area contributed by atoms with E-state index in [4.69, 9.17) is 16.7 Å². The molecule has 0 amide bonds. The average Bonchev–Trinajstić information content (AvgIpc) is 2.39. The van der Waals surface area contributed by atoms with Crippen LogP contribution in [0, 0.1) is 0 Å². The van der Waals surface area contributed by atoms with E-state index in [-0.39, 0.29) is 6.61 Å². The van der Waals surface area contributed by atoms with Gasteiger partial charge in [0.15, 0.2) is 0 Å². The normalized spacial score (nSPS) is 11.0. The standard InChI is InChI=1S/C16H17ClOS/c1-11(2)12-3-6-14(7-4-12)19-15-8-5-13(10-18)16(17)9-15/h3-9,11,18H,10H2,1-2H3. The maximum Gasteiger partial charge on any atom is 0.0696 e. The Balaban J connectivity index is 2.14. The summed E-state index contributed by atoms with van der Waals surface area (Å²) in [5.74, 6) is 0.553. The number of hydrogen-bond acceptors (Lipinski definition) is 2. The largest absolute Gasteiger partial charge is 0.392 e. The second kappa shape index (κ2) is 6.47. The Kier molecular flexibility index (Phi) is 4.92. The third-order valence-electron chi connectivity index (χ3n) is 2.98. The summed E-state index contributed by atoms with van der Waals surface area (Å²) in [6, 6.07) is 14.3. The van der Waals surface area contributed by atoms with Crippen molar-refractivity contribution in [3.8, 4) is 0 Å². The summed E-state index contributed by atoms with van der Waals surface area (Å²) in [6.07, 6.45) is 0. The van der Waals surface area contributed by atoms with Crippen molar-refractivity contribution in [3.63, 3.8) is 0 Å². The molecule has 0 saturated carbocycles. The Labute approximate surface area is 123 Å². The fraction of sp³-hybridized carbons (Fsp3) is 0.250. The fourth-order valence-corrected chi connectivity index (χ4v) is 2.94. The molecule has 2 aromatic carbocycles. The van der Waals surface area contributed by atoms with Crippen LogP contribution in [0.15, 0.2) is 52.3 Å². The predicted octanol–water partition coefficient (Wildman–Crippen LogP) is 5.11. The topological polar surface area (TPSA) is 20.2 Å². The van der Waals surface area contributed by atoms with Crippen molar-refractivity contribution in [2.24, 2.45) is 0 Å². The van der Waals surface area contributed by atoms with Gasteiger partial charge in [-0.1, -0.05) is 55.4 Å². The Bertz CT molecular complexity index is 549. The van der Waals surface area contributed by atoms with Gasteiger partial charge in [0.2, 0.25) is 0 Å². The van der Waals surface area contributed by atoms with E-state index in [9.17, 15) is 0 Å². The minimum Gasteiger partial charge on any atom is -0.392 e. The smallest absolute Gasteiger partial charge is 0.0696 e. The number of halogens is 1. The summed E-state index contributed by atoms with van der Waals surface area (Å²) in [4.78, 5) is 2.27. The van der Waals surface area contributed by atoms with Gasteiger partial charge in [0.1, 0.15) is 0 Å². The number of benzene rings is 2. The second-order valence-electron chi connectivity index (χ2n) is 4.74. The van der Waals surface area contributed by atoms with E-state index in [0.29, 0.717) is 10.9 Å². The van der Waals surface area contributed by atoms with E-state index in [2.05, 4.69) is 38.1 Å². The molecule has 2 rings (SSSR count). The third-order valence-corrected chi connectivity index (χ3v) is 4.33. The first-order chi connectivity index (χ1) is 9.10. The number of rotatable bonds is 4. The Morgan fingerprint density at radius 2 is 1.68 bits per heavy atom. The zero-order valence-corrected chi connectivity index (χ0v) is 12.6. The lowest BCUT2D eigenvalue weighted by Crippen LogP contribution is -1.86. The van der Waals surface area contributed by atoms with Crippen LogP contribution in [0.25, 0.3) is 0 Å². The van der Waals surface area contributed by atoms with Crippen LogP contribution in [0.4, 0.5) is 0 Å². The molecule has 0 radical (unpaired) electrons. The second-order valence-corrected chi connectivity index (χ2v) is 6.29. The van der Waals surface area contributed by atoms with Crippen molar-refractivity contribution in [2.75, 3.05) is 0 Å². The van der Waals surface area contributed by atoms with E-state index in [1.807, 2.05) is 18.2 Å². The monoisotopic (exact) mass is 292 g/mol. The highest BCUT2D eigenvalue weighted by Crippen LogP contribution is 2.31. The third kappa shape index (κ3) is 3.75. The molecule has 0 fully saturated rings. The van der Waals surface area contributed by atoms with Gasteiger partial charge in [0.25, 0.3) is 0 Å². The number of hydrogen-bond donors (Lipinski definition) is 1. The fourth-order valence-electron chi connectivity index (χ4n) is 1.78. The molecule has 0 spiro atoms. The maximum atomic E-state index is 9.09. The Hall–Kier alpha value is -0.960. The van der Waals surface area contributed by atoms with Crippen molar-refractivity contribution >= 4 is 23.4 Å². The molecule has 0 saturated heterocycles. The molecule has 0 aliphatic rings. The SMILES string of the molecule is CC(C)c1ccc(Sc2ccc(CO)c(Cl)c2)cc1. The molecule has 0 bridgehead atoms. The summed E-state index contributed by atoms with van der Waals surface area (Å²) in [5.41, 5.74) is 2.11. The highest BCUT2D eigenvalue weighted by Gasteiger charge is 2.04. The van der Waals surface area contributed by atoms with E-state index >= 15 is 0 Å². The van der Waals surface area contributed by atoms with Gasteiger partial charge in [-0.3, -0.25) is 0 Å². The molecule has 1 N–H and O–H groups in total. The summed E-state index contributed by atoms with van der Waals surface area (Å²) < 4.78 is 0. The first kappa shape index (κ1) is 14.4. The molecule has 1 nitrogen and oxygen atoms in total. The summed E-state index contributed by atoms with van der Waals surface area (Å²) in [6.45, 7) is 4.36. The molecule has 2 aromatic rings. The first-order valence-electron chi connectivity index (χ1n) is 6.27. The van der Waals surface area contributed by atoms with Crippen LogP contribution >= 0.6 is 23.4 Å². The van der Waals surface area contributed by atoms with Gasteiger partial charge in [0.05, 0.1) is 6.61 Å². The molecule has 0 atom stereocenters. The Morgan fingerprint density at radius 3 is 2.21 bits per heavy atom. The van der Waals surface area contributed by atoms with Crippen LogP contribution in [0.3, 0.4) is 0 Å². The van der Waals surface area contributed by atoms with Gasteiger partial charge in [-0.15, -0.1) is 0 Å². The minimum atomic E-state index is -0.0210. The van der Waals surface area contributed by atoms with Gasteiger partial charge >= 0.3 is 0 Å². The maximum absolute atomic E-state index is 9.09. The van der Waals surface area contributed by atoms with Crippen LogP contribution in [-0.4, -0.2) is 5.11 Å². The zero-order valence-electron chi connectivity index (χ0n) is 11.1. The summed E-state index contributed by atoms with van der Waals surface area (Å²) in [5, 5.41) is 9.71. The molecule has 19 heavy (non-hydrogen) atoms. The molecule has 0 aliphatic carbocycles. The van der Waals surface area contributed by atoms with Crippen molar-refractivity contribution in [3.05, 3.63) is 58.6 Å². The summed E-state index contributed by atoms with van der Waals surface area (Å²) in [7, 11) is 0. The molecular formula is C16H17ClOS. The van der Waals surface area contributed by atoms with Gasteiger partial charge in [-0.05, 0) is 41.3 Å². The van der Waals surface area contributed by atoms with E-state index in [0.717, 1.165) is 10.5 Å². The van der Waals surface area contributed by atoms with Crippen molar-refractivity contribution in [1.29, 1.82) is 0 Å².